The van der Waals surface area contributed by atoms with E-state index in [4.69, 9.17) is 0 Å². The number of carbonyl (C=O) groups is 1. The van der Waals surface area contributed by atoms with Crippen LogP contribution in [0, 0.1) is 5.82 Å². The molecule has 0 spiro atoms. The van der Waals surface area contributed by atoms with Crippen LogP contribution in [0.25, 0.3) is 11.3 Å². The van der Waals surface area contributed by atoms with Crippen molar-refractivity contribution in [2.75, 3.05) is 23.3 Å². The summed E-state index contributed by atoms with van der Waals surface area (Å²) in [6.45, 7) is 2.05. The van der Waals surface area contributed by atoms with Crippen LogP contribution in [0.3, 0.4) is 0 Å². The van der Waals surface area contributed by atoms with Gasteiger partial charge >= 0.3 is 0 Å². The Kier molecular flexibility index (Phi) is 5.79. The van der Waals surface area contributed by atoms with E-state index in [2.05, 4.69) is 20.4 Å². The SMILES string of the molecule is O=C(Nc1cccc(-c2ccc(N3CCCCCC3)nn2)c1)c1cccc(F)c1. The van der Waals surface area contributed by atoms with E-state index < -0.39 is 5.82 Å². The Balaban J connectivity index is 1.48. The molecule has 0 unspecified atom stereocenters. The van der Waals surface area contributed by atoms with Crippen molar-refractivity contribution in [3.8, 4) is 11.3 Å². The van der Waals surface area contributed by atoms with Crippen LogP contribution >= 0.6 is 0 Å². The first-order chi connectivity index (χ1) is 14.2. The number of rotatable bonds is 4. The minimum Gasteiger partial charge on any atom is -0.355 e. The number of hydrogen-bond donors (Lipinski definition) is 1. The standard InChI is InChI=1S/C23H23FN4O/c24-19-9-5-8-18(15-19)23(29)25-20-10-6-7-17(16-20)21-11-12-22(27-26-21)28-13-3-1-2-4-14-28/h5-12,15-16H,1-4,13-14H2,(H,25,29). The van der Waals surface area contributed by atoms with Gasteiger partial charge in [-0.05, 0) is 55.3 Å². The molecular weight excluding hydrogens is 367 g/mol. The number of amides is 1. The van der Waals surface area contributed by atoms with E-state index in [0.29, 0.717) is 5.69 Å². The van der Waals surface area contributed by atoms with Crippen LogP contribution < -0.4 is 10.2 Å². The number of carbonyl (C=O) groups excluding carboxylic acids is 1. The third-order valence-electron chi connectivity index (χ3n) is 5.08. The lowest BCUT2D eigenvalue weighted by atomic mass is 10.1. The Bertz CT molecular complexity index is 982. The van der Waals surface area contributed by atoms with Gasteiger partial charge in [0.2, 0.25) is 0 Å². The zero-order valence-electron chi connectivity index (χ0n) is 16.1. The largest absolute Gasteiger partial charge is 0.355 e. The average molecular weight is 390 g/mol. The maximum Gasteiger partial charge on any atom is 0.255 e. The fourth-order valence-corrected chi connectivity index (χ4v) is 3.54. The molecule has 4 rings (SSSR count). The second-order valence-electron chi connectivity index (χ2n) is 7.22. The lowest BCUT2D eigenvalue weighted by molar-refractivity contribution is 0.102. The number of anilines is 2. The molecule has 1 saturated heterocycles. The number of nitrogens with one attached hydrogen (secondary N) is 1. The predicted octanol–water partition coefficient (Wildman–Crippen LogP) is 4.92. The molecule has 0 radical (unpaired) electrons. The van der Waals surface area contributed by atoms with E-state index in [9.17, 15) is 9.18 Å². The van der Waals surface area contributed by atoms with Crippen LogP contribution in [0.15, 0.2) is 60.7 Å². The maximum absolute atomic E-state index is 13.3. The number of hydrogen-bond acceptors (Lipinski definition) is 4. The third-order valence-corrected chi connectivity index (χ3v) is 5.08. The minimum atomic E-state index is -0.439. The monoisotopic (exact) mass is 390 g/mol. The number of benzene rings is 2. The third kappa shape index (κ3) is 4.77. The van der Waals surface area contributed by atoms with E-state index in [0.717, 1.165) is 30.2 Å². The molecule has 1 amide bonds. The van der Waals surface area contributed by atoms with Crippen LogP contribution in [0.1, 0.15) is 36.0 Å². The van der Waals surface area contributed by atoms with E-state index in [1.165, 1.54) is 43.9 Å². The van der Waals surface area contributed by atoms with E-state index in [1.54, 1.807) is 12.1 Å². The van der Waals surface area contributed by atoms with Crippen molar-refractivity contribution in [1.82, 2.24) is 10.2 Å². The summed E-state index contributed by atoms with van der Waals surface area (Å²) in [4.78, 5) is 14.6. The normalized spacial score (nSPS) is 14.3. The Hall–Kier alpha value is -3.28. The molecule has 1 fully saturated rings. The Morgan fingerprint density at radius 3 is 2.41 bits per heavy atom. The van der Waals surface area contributed by atoms with Crippen LogP contribution in [0.2, 0.25) is 0 Å². The van der Waals surface area contributed by atoms with Gasteiger partial charge in [0.05, 0.1) is 5.69 Å². The van der Waals surface area contributed by atoms with Crippen LogP contribution in [0.5, 0.6) is 0 Å². The van der Waals surface area contributed by atoms with Crippen molar-refractivity contribution in [1.29, 1.82) is 0 Å². The second-order valence-corrected chi connectivity index (χ2v) is 7.22. The summed E-state index contributed by atoms with van der Waals surface area (Å²) in [5, 5.41) is 11.6. The van der Waals surface area contributed by atoms with Crippen molar-refractivity contribution in [2.45, 2.75) is 25.7 Å². The molecule has 0 aliphatic carbocycles. The summed E-state index contributed by atoms with van der Waals surface area (Å²) >= 11 is 0. The minimum absolute atomic E-state index is 0.275. The predicted molar refractivity (Wildman–Crippen MR) is 113 cm³/mol. The molecule has 29 heavy (non-hydrogen) atoms. The first-order valence-corrected chi connectivity index (χ1v) is 9.95. The molecule has 5 nitrogen and oxygen atoms in total. The van der Waals surface area contributed by atoms with Gasteiger partial charge in [0.15, 0.2) is 5.82 Å². The van der Waals surface area contributed by atoms with Gasteiger partial charge in [-0.25, -0.2) is 4.39 Å². The summed E-state index contributed by atoms with van der Waals surface area (Å²) < 4.78 is 13.3. The number of halogens is 1. The van der Waals surface area contributed by atoms with Gasteiger partial charge in [-0.1, -0.05) is 31.0 Å². The first-order valence-electron chi connectivity index (χ1n) is 9.95. The summed E-state index contributed by atoms with van der Waals surface area (Å²) in [6.07, 6.45) is 4.93. The van der Waals surface area contributed by atoms with Gasteiger partial charge in [0.1, 0.15) is 5.82 Å². The summed E-state index contributed by atoms with van der Waals surface area (Å²) in [7, 11) is 0. The summed E-state index contributed by atoms with van der Waals surface area (Å²) in [6, 6.07) is 17.0. The van der Waals surface area contributed by atoms with Crippen LogP contribution in [0.4, 0.5) is 15.9 Å². The van der Waals surface area contributed by atoms with Crippen molar-refractivity contribution in [3.05, 3.63) is 72.0 Å². The molecular formula is C23H23FN4O. The fraction of sp³-hybridized carbons (Fsp3) is 0.261. The number of nitrogens with zero attached hydrogens (tertiary/aromatic N) is 3. The smallest absolute Gasteiger partial charge is 0.255 e. The van der Waals surface area contributed by atoms with Crippen molar-refractivity contribution >= 4 is 17.4 Å². The van der Waals surface area contributed by atoms with E-state index in [1.807, 2.05) is 30.3 Å². The molecule has 2 aromatic carbocycles. The Morgan fingerprint density at radius 2 is 1.69 bits per heavy atom. The lowest BCUT2D eigenvalue weighted by Gasteiger charge is -2.20. The number of aromatic nitrogens is 2. The molecule has 1 N–H and O–H groups in total. The molecule has 0 saturated carbocycles. The first kappa shape index (κ1) is 19.1. The summed E-state index contributed by atoms with van der Waals surface area (Å²) in [5.41, 5.74) is 2.49. The average Bonchev–Trinajstić information content (AvgIpc) is 3.04. The molecule has 1 aromatic heterocycles. The zero-order chi connectivity index (χ0) is 20.1. The van der Waals surface area contributed by atoms with Gasteiger partial charge < -0.3 is 10.2 Å². The molecule has 0 atom stereocenters. The van der Waals surface area contributed by atoms with Crippen molar-refractivity contribution in [3.63, 3.8) is 0 Å². The highest BCUT2D eigenvalue weighted by atomic mass is 19.1. The van der Waals surface area contributed by atoms with Gasteiger partial charge in [0.25, 0.3) is 5.91 Å². The van der Waals surface area contributed by atoms with E-state index in [-0.39, 0.29) is 11.5 Å². The van der Waals surface area contributed by atoms with Gasteiger partial charge in [-0.3, -0.25) is 4.79 Å². The van der Waals surface area contributed by atoms with Gasteiger partial charge in [-0.15, -0.1) is 10.2 Å². The molecule has 1 aliphatic rings. The quantitative estimate of drug-likeness (QED) is 0.687. The molecule has 148 valence electrons. The van der Waals surface area contributed by atoms with Crippen molar-refractivity contribution in [2.24, 2.45) is 0 Å². The van der Waals surface area contributed by atoms with Gasteiger partial charge in [0, 0.05) is 29.9 Å². The van der Waals surface area contributed by atoms with Crippen LogP contribution in [-0.2, 0) is 0 Å². The Labute approximate surface area is 169 Å². The molecule has 6 heteroatoms. The molecule has 0 bridgehead atoms. The van der Waals surface area contributed by atoms with Crippen molar-refractivity contribution < 1.29 is 9.18 Å². The van der Waals surface area contributed by atoms with Crippen LogP contribution in [-0.4, -0.2) is 29.2 Å². The molecule has 3 aromatic rings. The maximum atomic E-state index is 13.3. The zero-order valence-corrected chi connectivity index (χ0v) is 16.1. The summed E-state index contributed by atoms with van der Waals surface area (Å²) in [5.74, 6) is 0.113. The van der Waals surface area contributed by atoms with Gasteiger partial charge in [-0.2, -0.15) is 0 Å². The topological polar surface area (TPSA) is 58.1 Å². The fourth-order valence-electron chi connectivity index (χ4n) is 3.54. The second kappa shape index (κ2) is 8.82. The Morgan fingerprint density at radius 1 is 0.897 bits per heavy atom. The molecule has 1 aliphatic heterocycles. The highest BCUT2D eigenvalue weighted by molar-refractivity contribution is 6.04. The lowest BCUT2D eigenvalue weighted by Crippen LogP contribution is -2.25. The highest BCUT2D eigenvalue weighted by Crippen LogP contribution is 2.23. The highest BCUT2D eigenvalue weighted by Gasteiger charge is 2.12. The van der Waals surface area contributed by atoms with E-state index >= 15 is 0 Å². The molecule has 2 heterocycles.